The molecule has 6 heteroatoms. The van der Waals surface area contributed by atoms with Gasteiger partial charge >= 0.3 is 5.97 Å². The molecule has 5 nitrogen and oxygen atoms in total. The van der Waals surface area contributed by atoms with Crippen molar-refractivity contribution in [3.63, 3.8) is 0 Å². The van der Waals surface area contributed by atoms with Crippen LogP contribution in [0.3, 0.4) is 0 Å². The molecule has 0 heterocycles. The van der Waals surface area contributed by atoms with E-state index in [1.165, 1.54) is 6.07 Å². The van der Waals surface area contributed by atoms with Crippen molar-refractivity contribution in [2.45, 2.75) is 46.6 Å². The Morgan fingerprint density at radius 2 is 1.82 bits per heavy atom. The predicted octanol–water partition coefficient (Wildman–Crippen LogP) is 5.35. The molecule has 150 valence electrons. The topological polar surface area (TPSA) is 64.6 Å². The summed E-state index contributed by atoms with van der Waals surface area (Å²) in [7, 11) is 0. The van der Waals surface area contributed by atoms with E-state index >= 15 is 0 Å². The lowest BCUT2D eigenvalue weighted by atomic mass is 10.0. The maximum atomic E-state index is 12.6. The van der Waals surface area contributed by atoms with Crippen LogP contribution < -0.4 is 10.1 Å². The lowest BCUT2D eigenvalue weighted by Crippen LogP contribution is -2.30. The molecule has 1 N–H and O–H groups in total. The average Bonchev–Trinajstić information content (AvgIpc) is 2.63. The summed E-state index contributed by atoms with van der Waals surface area (Å²) >= 11 is 6.06. The fourth-order valence-corrected chi connectivity index (χ4v) is 2.87. The molecule has 0 aliphatic heterocycles. The van der Waals surface area contributed by atoms with E-state index in [4.69, 9.17) is 21.1 Å². The second kappa shape index (κ2) is 9.60. The van der Waals surface area contributed by atoms with Crippen LogP contribution in [0.15, 0.2) is 36.4 Å². The molecule has 0 radical (unpaired) electrons. The summed E-state index contributed by atoms with van der Waals surface area (Å²) < 4.78 is 10.9. The maximum absolute atomic E-state index is 12.6. The number of carbonyl (C=O) groups excluding carboxylic acids is 2. The Hall–Kier alpha value is -2.53. The van der Waals surface area contributed by atoms with Gasteiger partial charge < -0.3 is 14.8 Å². The number of ether oxygens (including phenoxy) is 2. The van der Waals surface area contributed by atoms with Gasteiger partial charge in [-0.25, -0.2) is 4.79 Å². The van der Waals surface area contributed by atoms with Crippen molar-refractivity contribution in [2.75, 3.05) is 11.9 Å². The van der Waals surface area contributed by atoms with Crippen molar-refractivity contribution < 1.29 is 19.1 Å². The maximum Gasteiger partial charge on any atom is 0.339 e. The van der Waals surface area contributed by atoms with Crippen molar-refractivity contribution in [1.82, 2.24) is 0 Å². The number of carbonyl (C=O) groups is 2. The Balaban J connectivity index is 2.14. The third kappa shape index (κ3) is 5.49. The van der Waals surface area contributed by atoms with E-state index in [9.17, 15) is 9.59 Å². The van der Waals surface area contributed by atoms with Crippen LogP contribution in [0.4, 0.5) is 5.69 Å². The highest BCUT2D eigenvalue weighted by Gasteiger charge is 2.19. The fraction of sp³-hybridized carbons (Fsp3) is 0.364. The summed E-state index contributed by atoms with van der Waals surface area (Å²) in [6, 6.07) is 10.6. The number of aryl methyl sites for hydroxylation is 1. The van der Waals surface area contributed by atoms with Gasteiger partial charge in [0, 0.05) is 5.69 Å². The minimum atomic E-state index is -0.721. The van der Waals surface area contributed by atoms with Gasteiger partial charge in [0.1, 0.15) is 5.75 Å². The van der Waals surface area contributed by atoms with Crippen molar-refractivity contribution in [2.24, 2.45) is 0 Å². The van der Waals surface area contributed by atoms with E-state index in [1.807, 2.05) is 25.1 Å². The van der Waals surface area contributed by atoms with Crippen molar-refractivity contribution in [3.05, 3.63) is 58.1 Å². The molecule has 0 fully saturated rings. The number of amides is 1. The Kier molecular flexibility index (Phi) is 7.46. The van der Waals surface area contributed by atoms with Gasteiger partial charge in [-0.15, -0.1) is 0 Å². The smallest absolute Gasteiger partial charge is 0.339 e. The molecule has 2 aromatic carbocycles. The SMILES string of the molecule is CCOC(=O)c1cc(NC(=O)C(C)Oc2cc(C)ccc2C(C)C)ccc1Cl. The fourth-order valence-electron chi connectivity index (χ4n) is 2.68. The van der Waals surface area contributed by atoms with Crippen molar-refractivity contribution in [1.29, 1.82) is 0 Å². The standard InChI is InChI=1S/C22H26ClNO4/c1-6-27-22(26)18-12-16(8-10-19(18)23)24-21(25)15(5)28-20-11-14(4)7-9-17(20)13(2)3/h7-13,15H,6H2,1-5H3,(H,24,25). The number of hydrogen-bond donors (Lipinski definition) is 1. The zero-order chi connectivity index (χ0) is 20.8. The van der Waals surface area contributed by atoms with Crippen LogP contribution in [0.2, 0.25) is 5.02 Å². The molecule has 1 unspecified atom stereocenters. The molecule has 2 aromatic rings. The van der Waals surface area contributed by atoms with Crippen LogP contribution >= 0.6 is 11.6 Å². The molecule has 0 aromatic heterocycles. The van der Waals surface area contributed by atoms with Gasteiger partial charge in [-0.05, 0) is 62.1 Å². The van der Waals surface area contributed by atoms with Crippen LogP contribution in [0.5, 0.6) is 5.75 Å². The molecule has 1 amide bonds. The normalized spacial score (nSPS) is 11.8. The first-order valence-corrected chi connectivity index (χ1v) is 9.65. The van der Waals surface area contributed by atoms with E-state index in [0.29, 0.717) is 11.4 Å². The highest BCUT2D eigenvalue weighted by molar-refractivity contribution is 6.33. The summed E-state index contributed by atoms with van der Waals surface area (Å²) in [4.78, 5) is 24.6. The number of halogens is 1. The predicted molar refractivity (Wildman–Crippen MR) is 111 cm³/mol. The highest BCUT2D eigenvalue weighted by Crippen LogP contribution is 2.28. The summed E-state index contributed by atoms with van der Waals surface area (Å²) in [6.07, 6.45) is -0.721. The Morgan fingerprint density at radius 1 is 1.11 bits per heavy atom. The molecule has 1 atom stereocenters. The third-order valence-corrected chi connectivity index (χ3v) is 4.52. The first-order chi connectivity index (χ1) is 13.2. The number of benzene rings is 2. The number of nitrogens with one attached hydrogen (secondary N) is 1. The largest absolute Gasteiger partial charge is 0.481 e. The van der Waals surface area contributed by atoms with Crippen molar-refractivity contribution >= 4 is 29.2 Å². The molecule has 2 rings (SSSR count). The van der Waals surface area contributed by atoms with Crippen LogP contribution in [0.25, 0.3) is 0 Å². The molecule has 0 aliphatic carbocycles. The lowest BCUT2D eigenvalue weighted by molar-refractivity contribution is -0.122. The zero-order valence-electron chi connectivity index (χ0n) is 16.8. The first-order valence-electron chi connectivity index (χ1n) is 9.27. The Morgan fingerprint density at radius 3 is 2.46 bits per heavy atom. The van der Waals surface area contributed by atoms with Crippen LogP contribution in [-0.2, 0) is 9.53 Å². The van der Waals surface area contributed by atoms with E-state index in [1.54, 1.807) is 26.0 Å². The van der Waals surface area contributed by atoms with Gasteiger partial charge in [-0.1, -0.05) is 37.6 Å². The Labute approximate surface area is 171 Å². The van der Waals surface area contributed by atoms with Gasteiger partial charge in [0.05, 0.1) is 17.2 Å². The molecule has 0 aliphatic rings. The zero-order valence-corrected chi connectivity index (χ0v) is 17.6. The van der Waals surface area contributed by atoms with E-state index in [2.05, 4.69) is 19.2 Å². The van der Waals surface area contributed by atoms with Gasteiger partial charge in [-0.2, -0.15) is 0 Å². The Bertz CT molecular complexity index is 864. The summed E-state index contributed by atoms with van der Waals surface area (Å²) in [6.45, 7) is 9.77. The lowest BCUT2D eigenvalue weighted by Gasteiger charge is -2.19. The van der Waals surface area contributed by atoms with Crippen LogP contribution in [0.1, 0.15) is 55.1 Å². The van der Waals surface area contributed by atoms with E-state index < -0.39 is 12.1 Å². The molecule has 0 spiro atoms. The quantitative estimate of drug-likeness (QED) is 0.632. The number of esters is 1. The minimum Gasteiger partial charge on any atom is -0.481 e. The second-order valence-corrected chi connectivity index (χ2v) is 7.27. The average molecular weight is 404 g/mol. The summed E-state index contributed by atoms with van der Waals surface area (Å²) in [5, 5.41) is 3.03. The third-order valence-electron chi connectivity index (χ3n) is 4.19. The number of rotatable bonds is 7. The van der Waals surface area contributed by atoms with Crippen molar-refractivity contribution in [3.8, 4) is 5.75 Å². The van der Waals surface area contributed by atoms with Crippen LogP contribution in [-0.4, -0.2) is 24.6 Å². The van der Waals surface area contributed by atoms with Gasteiger partial charge in [0.2, 0.25) is 0 Å². The first kappa shape index (κ1) is 21.8. The number of hydrogen-bond acceptors (Lipinski definition) is 4. The van der Waals surface area contributed by atoms with Gasteiger partial charge in [-0.3, -0.25) is 4.79 Å². The minimum absolute atomic E-state index is 0.204. The molecule has 0 saturated heterocycles. The molecule has 0 bridgehead atoms. The van der Waals surface area contributed by atoms with Gasteiger partial charge in [0.15, 0.2) is 6.10 Å². The monoisotopic (exact) mass is 403 g/mol. The number of anilines is 1. The highest BCUT2D eigenvalue weighted by atomic mass is 35.5. The van der Waals surface area contributed by atoms with E-state index in [-0.39, 0.29) is 29.0 Å². The molecular weight excluding hydrogens is 378 g/mol. The van der Waals surface area contributed by atoms with Crippen LogP contribution in [0, 0.1) is 6.92 Å². The molecular formula is C22H26ClNO4. The van der Waals surface area contributed by atoms with E-state index in [0.717, 1.165) is 11.1 Å². The summed E-state index contributed by atoms with van der Waals surface area (Å²) in [5.41, 5.74) is 2.75. The summed E-state index contributed by atoms with van der Waals surface area (Å²) in [5.74, 6) is 0.109. The molecule has 28 heavy (non-hydrogen) atoms. The molecule has 0 saturated carbocycles. The second-order valence-electron chi connectivity index (χ2n) is 6.86. The van der Waals surface area contributed by atoms with Gasteiger partial charge in [0.25, 0.3) is 5.91 Å².